The van der Waals surface area contributed by atoms with Crippen LogP contribution in [0, 0.1) is 6.92 Å². The quantitative estimate of drug-likeness (QED) is 0.769. The number of nitrogens with zero attached hydrogens (tertiary/aromatic N) is 2. The molecule has 17 heavy (non-hydrogen) atoms. The predicted molar refractivity (Wildman–Crippen MR) is 66.9 cm³/mol. The van der Waals surface area contributed by atoms with Gasteiger partial charge in [-0.25, -0.2) is 0 Å². The Bertz CT molecular complexity index is 547. The molecule has 5 heteroatoms. The SMILES string of the molecule is Cc1[nH]ncc1C(=O)N(C)c1ccccc1N. The van der Waals surface area contributed by atoms with Crippen LogP contribution in [0.25, 0.3) is 0 Å². The summed E-state index contributed by atoms with van der Waals surface area (Å²) >= 11 is 0. The standard InChI is InChI=1S/C12H14N4O/c1-8-9(7-14-15-8)12(17)16(2)11-6-4-3-5-10(11)13/h3-7H,13H2,1-2H3,(H,14,15). The summed E-state index contributed by atoms with van der Waals surface area (Å²) in [5.41, 5.74) is 8.40. The molecule has 5 nitrogen and oxygen atoms in total. The summed E-state index contributed by atoms with van der Waals surface area (Å²) in [5.74, 6) is -0.130. The maximum Gasteiger partial charge on any atom is 0.261 e. The maximum atomic E-state index is 12.2. The van der Waals surface area contributed by atoms with Crippen LogP contribution < -0.4 is 10.6 Å². The van der Waals surface area contributed by atoms with Gasteiger partial charge in [0, 0.05) is 12.7 Å². The molecule has 2 aromatic rings. The summed E-state index contributed by atoms with van der Waals surface area (Å²) in [6.45, 7) is 1.81. The molecule has 1 aromatic carbocycles. The van der Waals surface area contributed by atoms with Gasteiger partial charge in [0.15, 0.2) is 0 Å². The molecule has 1 heterocycles. The normalized spacial score (nSPS) is 10.2. The Hall–Kier alpha value is -2.30. The monoisotopic (exact) mass is 230 g/mol. The number of carbonyl (C=O) groups excluding carboxylic acids is 1. The molecule has 3 N–H and O–H groups in total. The summed E-state index contributed by atoms with van der Waals surface area (Å²) in [6.07, 6.45) is 1.52. The predicted octanol–water partition coefficient (Wildman–Crippen LogP) is 1.58. The van der Waals surface area contributed by atoms with Gasteiger partial charge in [0.2, 0.25) is 0 Å². The lowest BCUT2D eigenvalue weighted by atomic mass is 10.2. The van der Waals surface area contributed by atoms with Gasteiger partial charge in [-0.3, -0.25) is 9.89 Å². The molecule has 2 rings (SSSR count). The number of aromatic nitrogens is 2. The molecule has 0 bridgehead atoms. The van der Waals surface area contributed by atoms with E-state index in [0.29, 0.717) is 16.9 Å². The topological polar surface area (TPSA) is 75.0 Å². The number of hydrogen-bond acceptors (Lipinski definition) is 3. The molecular formula is C12H14N4O. The zero-order chi connectivity index (χ0) is 12.4. The molecule has 1 aromatic heterocycles. The van der Waals surface area contributed by atoms with Crippen LogP contribution in [0.4, 0.5) is 11.4 Å². The molecule has 0 fully saturated rings. The average molecular weight is 230 g/mol. The van der Waals surface area contributed by atoms with Crippen molar-refractivity contribution in [3.05, 3.63) is 41.7 Å². The van der Waals surface area contributed by atoms with Crippen molar-refractivity contribution < 1.29 is 4.79 Å². The van der Waals surface area contributed by atoms with E-state index in [9.17, 15) is 4.79 Å². The number of amides is 1. The molecule has 0 saturated carbocycles. The third-order valence-electron chi connectivity index (χ3n) is 2.66. The number of H-pyrrole nitrogens is 1. The van der Waals surface area contributed by atoms with E-state index in [4.69, 9.17) is 5.73 Å². The molecule has 1 amide bonds. The fraction of sp³-hybridized carbons (Fsp3) is 0.167. The largest absolute Gasteiger partial charge is 0.397 e. The third kappa shape index (κ3) is 1.99. The lowest BCUT2D eigenvalue weighted by Gasteiger charge is -2.18. The summed E-state index contributed by atoms with van der Waals surface area (Å²) in [5, 5.41) is 6.58. The second kappa shape index (κ2) is 4.29. The molecular weight excluding hydrogens is 216 g/mol. The minimum absolute atomic E-state index is 0.130. The first-order valence-electron chi connectivity index (χ1n) is 5.24. The number of nitrogen functional groups attached to an aromatic ring is 1. The smallest absolute Gasteiger partial charge is 0.261 e. The van der Waals surface area contributed by atoms with Gasteiger partial charge in [0.25, 0.3) is 5.91 Å². The Balaban J connectivity index is 2.33. The van der Waals surface area contributed by atoms with Gasteiger partial charge in [-0.2, -0.15) is 5.10 Å². The molecule has 0 aliphatic carbocycles. The van der Waals surface area contributed by atoms with Crippen LogP contribution in [0.1, 0.15) is 16.1 Å². The van der Waals surface area contributed by atoms with E-state index < -0.39 is 0 Å². The summed E-state index contributed by atoms with van der Waals surface area (Å²) < 4.78 is 0. The Morgan fingerprint density at radius 3 is 2.71 bits per heavy atom. The first kappa shape index (κ1) is 11.2. The molecule has 0 aliphatic rings. The van der Waals surface area contributed by atoms with E-state index in [1.54, 1.807) is 13.1 Å². The summed E-state index contributed by atoms with van der Waals surface area (Å²) in [4.78, 5) is 13.7. The van der Waals surface area contributed by atoms with E-state index in [1.807, 2.05) is 25.1 Å². The number of nitrogens with one attached hydrogen (secondary N) is 1. The van der Waals surface area contributed by atoms with Crippen LogP contribution in [-0.4, -0.2) is 23.2 Å². The van der Waals surface area contributed by atoms with Gasteiger partial charge < -0.3 is 10.6 Å². The van der Waals surface area contributed by atoms with Crippen LogP contribution in [0.3, 0.4) is 0 Å². The van der Waals surface area contributed by atoms with Crippen LogP contribution in [0.2, 0.25) is 0 Å². The molecule has 0 spiro atoms. The molecule has 0 radical (unpaired) electrons. The second-order valence-corrected chi connectivity index (χ2v) is 3.83. The zero-order valence-corrected chi connectivity index (χ0v) is 9.77. The van der Waals surface area contributed by atoms with Gasteiger partial charge in [0.05, 0.1) is 23.1 Å². The molecule has 0 unspecified atom stereocenters. The fourth-order valence-electron chi connectivity index (χ4n) is 1.65. The molecule has 0 atom stereocenters. The number of carbonyl (C=O) groups is 1. The van der Waals surface area contributed by atoms with Crippen molar-refractivity contribution in [3.63, 3.8) is 0 Å². The summed E-state index contributed by atoms with van der Waals surface area (Å²) in [6, 6.07) is 7.25. The van der Waals surface area contributed by atoms with Gasteiger partial charge in [-0.05, 0) is 19.1 Å². The lowest BCUT2D eigenvalue weighted by molar-refractivity contribution is 0.0992. The van der Waals surface area contributed by atoms with Crippen molar-refractivity contribution in [2.24, 2.45) is 0 Å². The summed E-state index contributed by atoms with van der Waals surface area (Å²) in [7, 11) is 1.69. The second-order valence-electron chi connectivity index (χ2n) is 3.83. The van der Waals surface area contributed by atoms with Crippen LogP contribution in [0.15, 0.2) is 30.5 Å². The lowest BCUT2D eigenvalue weighted by Crippen LogP contribution is -2.27. The highest BCUT2D eigenvalue weighted by Crippen LogP contribution is 2.23. The zero-order valence-electron chi connectivity index (χ0n) is 9.77. The third-order valence-corrected chi connectivity index (χ3v) is 2.66. The highest BCUT2D eigenvalue weighted by molar-refractivity contribution is 6.07. The first-order chi connectivity index (χ1) is 8.11. The molecule has 88 valence electrons. The van der Waals surface area contributed by atoms with E-state index in [1.165, 1.54) is 11.1 Å². The Morgan fingerprint density at radius 1 is 1.41 bits per heavy atom. The maximum absolute atomic E-state index is 12.2. The van der Waals surface area contributed by atoms with Crippen molar-refractivity contribution in [3.8, 4) is 0 Å². The average Bonchev–Trinajstić information content (AvgIpc) is 2.74. The number of aryl methyl sites for hydroxylation is 1. The number of hydrogen-bond donors (Lipinski definition) is 2. The number of aromatic amines is 1. The fourth-order valence-corrected chi connectivity index (χ4v) is 1.65. The highest BCUT2D eigenvalue weighted by Gasteiger charge is 2.18. The minimum Gasteiger partial charge on any atom is -0.397 e. The molecule has 0 aliphatic heterocycles. The van der Waals surface area contributed by atoms with Crippen LogP contribution in [0.5, 0.6) is 0 Å². The van der Waals surface area contributed by atoms with Crippen LogP contribution in [-0.2, 0) is 0 Å². The van der Waals surface area contributed by atoms with Gasteiger partial charge in [0.1, 0.15) is 0 Å². The Labute approximate surface area is 99.2 Å². The Morgan fingerprint density at radius 2 is 2.12 bits per heavy atom. The van der Waals surface area contributed by atoms with Gasteiger partial charge in [-0.1, -0.05) is 12.1 Å². The van der Waals surface area contributed by atoms with Crippen molar-refractivity contribution in [1.82, 2.24) is 10.2 Å². The van der Waals surface area contributed by atoms with Gasteiger partial charge >= 0.3 is 0 Å². The van der Waals surface area contributed by atoms with Crippen molar-refractivity contribution in [2.75, 3.05) is 17.7 Å². The van der Waals surface area contributed by atoms with Crippen molar-refractivity contribution >= 4 is 17.3 Å². The number of anilines is 2. The van der Waals surface area contributed by atoms with E-state index in [0.717, 1.165) is 5.69 Å². The minimum atomic E-state index is -0.130. The first-order valence-corrected chi connectivity index (χ1v) is 5.24. The number of benzene rings is 1. The van der Waals surface area contributed by atoms with Gasteiger partial charge in [-0.15, -0.1) is 0 Å². The van der Waals surface area contributed by atoms with Crippen LogP contribution >= 0.6 is 0 Å². The molecule has 0 saturated heterocycles. The number of rotatable bonds is 2. The highest BCUT2D eigenvalue weighted by atomic mass is 16.2. The number of para-hydroxylation sites is 2. The van der Waals surface area contributed by atoms with E-state index in [2.05, 4.69) is 10.2 Å². The van der Waals surface area contributed by atoms with Crippen molar-refractivity contribution in [1.29, 1.82) is 0 Å². The Kier molecular flexibility index (Phi) is 2.82. The number of nitrogens with two attached hydrogens (primary N) is 1. The van der Waals surface area contributed by atoms with Crippen molar-refractivity contribution in [2.45, 2.75) is 6.92 Å². The van der Waals surface area contributed by atoms with E-state index >= 15 is 0 Å². The van der Waals surface area contributed by atoms with E-state index in [-0.39, 0.29) is 5.91 Å².